The van der Waals surface area contributed by atoms with Crippen molar-refractivity contribution in [2.45, 2.75) is 0 Å². The molecule has 0 atom stereocenters. The molecule has 0 saturated carbocycles. The maximum absolute atomic E-state index is 3.42. The molecule has 0 spiro atoms. The van der Waals surface area contributed by atoms with Crippen LogP contribution in [0.1, 0.15) is 0 Å². The van der Waals surface area contributed by atoms with E-state index in [0.717, 1.165) is 0 Å². The molecule has 0 amide bonds. The Bertz CT molecular complexity index is 65.3. The zero-order valence-corrected chi connectivity index (χ0v) is 5.15. The average Bonchev–Trinajstić information content (AvgIpc) is 1.76. The summed E-state index contributed by atoms with van der Waals surface area (Å²) in [5, 5.41) is 9.26. The third-order valence-electron chi connectivity index (χ3n) is 0.331. The Labute approximate surface area is 45.6 Å². The predicted octanol–water partition coefficient (Wildman–Crippen LogP) is -1.11. The van der Waals surface area contributed by atoms with Crippen molar-refractivity contribution in [2.24, 2.45) is 0 Å². The molecule has 1 rings (SSSR count). The smallest absolute Gasteiger partial charge is 0.0690 e. The van der Waals surface area contributed by atoms with E-state index in [1.807, 2.05) is 0 Å². The van der Waals surface area contributed by atoms with E-state index in [0.29, 0.717) is 0 Å². The van der Waals surface area contributed by atoms with Crippen LogP contribution in [0.2, 0.25) is 0 Å². The first kappa shape index (κ1) is 5.66. The van der Waals surface area contributed by atoms with Gasteiger partial charge in [0.15, 0.2) is 0 Å². The molecule has 0 saturated heterocycles. The number of nitrogens with zero attached hydrogens (tertiary/aromatic N) is 2. The quantitative estimate of drug-likeness (QED) is 0.476. The molecule has 0 aliphatic rings. The van der Waals surface area contributed by atoms with Crippen LogP contribution in [0.5, 0.6) is 0 Å². The summed E-state index contributed by atoms with van der Waals surface area (Å²) < 4.78 is 0. The first-order valence-corrected chi connectivity index (χ1v) is 1.30. The molecule has 1 heterocycles. The van der Waals surface area contributed by atoms with Crippen LogP contribution < -0.4 is 0 Å². The Balaban J connectivity index is 0.000000250. The molecule has 0 fully saturated rings. The van der Waals surface area contributed by atoms with Crippen LogP contribution in [0.25, 0.3) is 0 Å². The van der Waals surface area contributed by atoms with Crippen LogP contribution in [-0.4, -0.2) is 32.5 Å². The van der Waals surface area contributed by atoms with E-state index in [4.69, 9.17) is 0 Å². The Morgan fingerprint density at radius 3 is 2.50 bits per heavy atom. The van der Waals surface area contributed by atoms with Gasteiger partial charge < -0.3 is 0 Å². The third-order valence-corrected chi connectivity index (χ3v) is 0.331. The van der Waals surface area contributed by atoms with Crippen LogP contribution in [0.3, 0.4) is 0 Å². The summed E-state index contributed by atoms with van der Waals surface area (Å²) in [6, 6.07) is 0. The second-order valence-corrected chi connectivity index (χ2v) is 0.660. The first-order valence-electron chi connectivity index (χ1n) is 1.30. The minimum Gasteiger partial charge on any atom is -0.266 e. The molecular formula is C2H5N3Se. The molecule has 0 bridgehead atoms. The molecule has 0 radical (unpaired) electrons. The van der Waals surface area contributed by atoms with E-state index in [1.165, 1.54) is 0 Å². The number of rotatable bonds is 0. The van der Waals surface area contributed by atoms with Gasteiger partial charge in [0.05, 0.1) is 6.20 Å². The van der Waals surface area contributed by atoms with Crippen molar-refractivity contribution in [1.29, 1.82) is 0 Å². The molecule has 6 heavy (non-hydrogen) atoms. The van der Waals surface area contributed by atoms with Crippen molar-refractivity contribution in [3.63, 3.8) is 0 Å². The van der Waals surface area contributed by atoms with Gasteiger partial charge in [-0.15, -0.1) is 5.10 Å². The van der Waals surface area contributed by atoms with E-state index >= 15 is 0 Å². The number of aromatic amines is 1. The van der Waals surface area contributed by atoms with Gasteiger partial charge in [-0.25, -0.2) is 0 Å². The maximum atomic E-state index is 3.42. The van der Waals surface area contributed by atoms with Gasteiger partial charge in [0.2, 0.25) is 0 Å². The minimum absolute atomic E-state index is 0. The Kier molecular flexibility index (Phi) is 2.71. The molecule has 0 unspecified atom stereocenters. The zero-order valence-electron chi connectivity index (χ0n) is 3.05. The topological polar surface area (TPSA) is 41.6 Å². The van der Waals surface area contributed by atoms with Gasteiger partial charge in [-0.05, 0) is 0 Å². The SMILES string of the molecule is [SeH2].c1c[nH]nn1. The molecule has 3 nitrogen and oxygen atoms in total. The van der Waals surface area contributed by atoms with Gasteiger partial charge in [-0.2, -0.15) is 0 Å². The summed E-state index contributed by atoms with van der Waals surface area (Å²) in [4.78, 5) is 0. The maximum Gasteiger partial charge on any atom is 0.0690 e. The van der Waals surface area contributed by atoms with Crippen molar-refractivity contribution in [3.05, 3.63) is 12.4 Å². The van der Waals surface area contributed by atoms with Gasteiger partial charge in [0, 0.05) is 6.20 Å². The molecule has 0 aliphatic heterocycles. The summed E-state index contributed by atoms with van der Waals surface area (Å²) in [5.74, 6) is 0. The van der Waals surface area contributed by atoms with E-state index in [1.54, 1.807) is 12.4 Å². The van der Waals surface area contributed by atoms with Crippen LogP contribution >= 0.6 is 0 Å². The van der Waals surface area contributed by atoms with Crippen LogP contribution in [0.4, 0.5) is 0 Å². The first-order chi connectivity index (χ1) is 2.50. The van der Waals surface area contributed by atoms with Crippen molar-refractivity contribution in [1.82, 2.24) is 15.4 Å². The summed E-state index contributed by atoms with van der Waals surface area (Å²) in [6.45, 7) is 0. The van der Waals surface area contributed by atoms with E-state index in [2.05, 4.69) is 15.4 Å². The molecule has 1 aromatic rings. The minimum atomic E-state index is 0. The van der Waals surface area contributed by atoms with Crippen molar-refractivity contribution < 1.29 is 0 Å². The fraction of sp³-hybridized carbons (Fsp3) is 0. The number of nitrogens with one attached hydrogen (secondary N) is 1. The fourth-order valence-corrected chi connectivity index (χ4v) is 0.167. The molecule has 1 N–H and O–H groups in total. The standard InChI is InChI=1S/C2H3N3.H2Se/c1-2-4-5-3-1;/h1-2H,(H,3,4,5);1H2. The van der Waals surface area contributed by atoms with Gasteiger partial charge in [-0.3, -0.25) is 5.10 Å². The largest absolute Gasteiger partial charge is 0.266 e. The molecule has 0 aliphatic carbocycles. The number of hydrogen-bond acceptors (Lipinski definition) is 2. The van der Waals surface area contributed by atoms with Gasteiger partial charge in [0.1, 0.15) is 0 Å². The van der Waals surface area contributed by atoms with Crippen molar-refractivity contribution in [3.8, 4) is 0 Å². The molecular weight excluding hydrogens is 145 g/mol. The van der Waals surface area contributed by atoms with Crippen molar-refractivity contribution >= 4 is 17.1 Å². The van der Waals surface area contributed by atoms with Crippen LogP contribution in [-0.2, 0) is 0 Å². The predicted molar refractivity (Wildman–Crippen MR) is 24.9 cm³/mol. The second-order valence-electron chi connectivity index (χ2n) is 0.660. The van der Waals surface area contributed by atoms with Gasteiger partial charge >= 0.3 is 17.1 Å². The molecule has 0 aromatic carbocycles. The van der Waals surface area contributed by atoms with Crippen LogP contribution in [0, 0.1) is 0 Å². The average molecular weight is 150 g/mol. The number of aromatic nitrogens is 3. The molecule has 34 valence electrons. The third kappa shape index (κ3) is 1.19. The Morgan fingerprint density at radius 1 is 1.50 bits per heavy atom. The molecule has 4 heteroatoms. The Hall–Kier alpha value is -0.341. The zero-order chi connectivity index (χ0) is 3.54. The number of H-pyrrole nitrogens is 1. The Morgan fingerprint density at radius 2 is 2.33 bits per heavy atom. The number of hydrogen-bond donors (Lipinski definition) is 1. The van der Waals surface area contributed by atoms with E-state index in [9.17, 15) is 0 Å². The summed E-state index contributed by atoms with van der Waals surface area (Å²) >= 11 is 0. The van der Waals surface area contributed by atoms with E-state index < -0.39 is 0 Å². The van der Waals surface area contributed by atoms with Gasteiger partial charge in [-0.1, -0.05) is 5.21 Å². The monoisotopic (exact) mass is 151 g/mol. The normalized spacial score (nSPS) is 6.67. The van der Waals surface area contributed by atoms with Gasteiger partial charge in [0.25, 0.3) is 0 Å². The fourth-order valence-electron chi connectivity index (χ4n) is 0.167. The second kappa shape index (κ2) is 2.87. The molecule has 1 aromatic heterocycles. The summed E-state index contributed by atoms with van der Waals surface area (Å²) in [7, 11) is 0. The van der Waals surface area contributed by atoms with Crippen molar-refractivity contribution in [2.75, 3.05) is 0 Å². The van der Waals surface area contributed by atoms with E-state index in [-0.39, 0.29) is 17.1 Å². The van der Waals surface area contributed by atoms with Crippen LogP contribution in [0.15, 0.2) is 12.4 Å². The summed E-state index contributed by atoms with van der Waals surface area (Å²) in [5.41, 5.74) is 0. The summed E-state index contributed by atoms with van der Waals surface area (Å²) in [6.07, 6.45) is 3.24.